The van der Waals surface area contributed by atoms with Crippen molar-refractivity contribution in [2.75, 3.05) is 27.3 Å². The summed E-state index contributed by atoms with van der Waals surface area (Å²) in [6.45, 7) is 1.99. The van der Waals surface area contributed by atoms with Gasteiger partial charge in [0.05, 0.1) is 5.56 Å². The van der Waals surface area contributed by atoms with Crippen molar-refractivity contribution < 1.29 is 17.9 Å². The van der Waals surface area contributed by atoms with E-state index in [0.717, 1.165) is 37.3 Å². The Balaban J connectivity index is 0.00000338. The van der Waals surface area contributed by atoms with Gasteiger partial charge in [0, 0.05) is 33.9 Å². The third-order valence-corrected chi connectivity index (χ3v) is 4.85. The summed E-state index contributed by atoms with van der Waals surface area (Å²) in [5.74, 6) is 0.656. The number of benzene rings is 1. The van der Waals surface area contributed by atoms with E-state index in [0.29, 0.717) is 12.5 Å². The van der Waals surface area contributed by atoms with Crippen LogP contribution in [0, 0.1) is 5.41 Å². The molecule has 1 saturated carbocycles. The molecule has 26 heavy (non-hydrogen) atoms. The van der Waals surface area contributed by atoms with Gasteiger partial charge < -0.3 is 15.4 Å². The first-order chi connectivity index (χ1) is 11.9. The van der Waals surface area contributed by atoms with Gasteiger partial charge in [-0.3, -0.25) is 4.99 Å². The molecule has 148 valence electrons. The third kappa shape index (κ3) is 6.61. The average molecular weight is 485 g/mol. The van der Waals surface area contributed by atoms with Gasteiger partial charge >= 0.3 is 6.18 Å². The van der Waals surface area contributed by atoms with Crippen molar-refractivity contribution >= 4 is 29.9 Å². The van der Waals surface area contributed by atoms with Crippen LogP contribution in [0.25, 0.3) is 0 Å². The molecule has 0 saturated heterocycles. The van der Waals surface area contributed by atoms with E-state index in [2.05, 4.69) is 15.6 Å². The van der Waals surface area contributed by atoms with E-state index in [1.807, 2.05) is 0 Å². The third-order valence-electron chi connectivity index (χ3n) is 4.85. The maximum atomic E-state index is 12.6. The van der Waals surface area contributed by atoms with Gasteiger partial charge in [0.2, 0.25) is 0 Å². The zero-order valence-electron chi connectivity index (χ0n) is 15.2. The molecule has 1 aliphatic carbocycles. The topological polar surface area (TPSA) is 45.7 Å². The minimum Gasteiger partial charge on any atom is -0.385 e. The SMILES string of the molecule is CN=C(NCc1ccc(C(F)(F)F)cc1)NCC1(CCOC)CCC1.I. The standard InChI is InChI=1S/C18H26F3N3O.HI/c1-22-16(24-13-17(8-3-9-17)10-11-25-2)23-12-14-4-6-15(7-5-14)18(19,20)21;/h4-7H,3,8-13H2,1-2H3,(H2,22,23,24);1H. The fourth-order valence-electron chi connectivity index (χ4n) is 3.00. The zero-order chi connectivity index (χ0) is 18.3. The minimum atomic E-state index is -4.30. The molecule has 1 fully saturated rings. The van der Waals surface area contributed by atoms with E-state index in [-0.39, 0.29) is 29.4 Å². The molecule has 0 atom stereocenters. The lowest BCUT2D eigenvalue weighted by atomic mass is 9.67. The second-order valence-electron chi connectivity index (χ2n) is 6.57. The number of aliphatic imine (C=N–C) groups is 1. The summed E-state index contributed by atoms with van der Waals surface area (Å²) in [5.41, 5.74) is 0.402. The summed E-state index contributed by atoms with van der Waals surface area (Å²) < 4.78 is 42.9. The van der Waals surface area contributed by atoms with E-state index in [9.17, 15) is 13.2 Å². The Morgan fingerprint density at radius 1 is 1.19 bits per heavy atom. The van der Waals surface area contributed by atoms with Gasteiger partial charge in [-0.1, -0.05) is 18.6 Å². The molecule has 2 rings (SSSR count). The van der Waals surface area contributed by atoms with Gasteiger partial charge in [-0.15, -0.1) is 24.0 Å². The highest BCUT2D eigenvalue weighted by molar-refractivity contribution is 14.0. The predicted octanol–water partition coefficient (Wildman–Crippen LogP) is 4.20. The Morgan fingerprint density at radius 2 is 1.85 bits per heavy atom. The van der Waals surface area contributed by atoms with Crippen molar-refractivity contribution in [1.29, 1.82) is 0 Å². The molecule has 0 unspecified atom stereocenters. The number of methoxy groups -OCH3 is 1. The molecule has 4 nitrogen and oxygen atoms in total. The van der Waals surface area contributed by atoms with Gasteiger partial charge in [0.25, 0.3) is 0 Å². The Morgan fingerprint density at radius 3 is 2.31 bits per heavy atom. The molecular formula is C18H27F3IN3O. The van der Waals surface area contributed by atoms with Crippen LogP contribution in [0.15, 0.2) is 29.3 Å². The number of hydrogen-bond acceptors (Lipinski definition) is 2. The molecule has 0 spiro atoms. The molecule has 1 aromatic rings. The number of ether oxygens (including phenoxy) is 1. The first-order valence-corrected chi connectivity index (χ1v) is 8.48. The number of alkyl halides is 3. The number of guanidine groups is 1. The van der Waals surface area contributed by atoms with Gasteiger partial charge in [-0.25, -0.2) is 0 Å². The number of nitrogens with one attached hydrogen (secondary N) is 2. The quantitative estimate of drug-likeness (QED) is 0.346. The molecule has 8 heteroatoms. The second kappa shape index (κ2) is 10.3. The summed E-state index contributed by atoms with van der Waals surface area (Å²) in [6.07, 6.45) is 0.316. The average Bonchev–Trinajstić information content (AvgIpc) is 2.55. The van der Waals surface area contributed by atoms with Crippen LogP contribution in [-0.4, -0.2) is 33.3 Å². The Kier molecular flexibility index (Phi) is 9.15. The largest absolute Gasteiger partial charge is 0.416 e. The number of hydrogen-bond donors (Lipinski definition) is 2. The fraction of sp³-hybridized carbons (Fsp3) is 0.611. The van der Waals surface area contributed by atoms with Crippen LogP contribution in [0.4, 0.5) is 13.2 Å². The Bertz CT molecular complexity index is 572. The van der Waals surface area contributed by atoms with Crippen LogP contribution in [-0.2, 0) is 17.5 Å². The smallest absolute Gasteiger partial charge is 0.385 e. The highest BCUT2D eigenvalue weighted by atomic mass is 127. The van der Waals surface area contributed by atoms with Gasteiger partial charge in [0.15, 0.2) is 5.96 Å². The number of nitrogens with zero attached hydrogens (tertiary/aromatic N) is 1. The normalized spacial score (nSPS) is 16.4. The molecule has 1 aromatic carbocycles. The zero-order valence-corrected chi connectivity index (χ0v) is 17.5. The predicted molar refractivity (Wildman–Crippen MR) is 108 cm³/mol. The number of halogens is 4. The van der Waals surface area contributed by atoms with Crippen LogP contribution in [0.2, 0.25) is 0 Å². The van der Waals surface area contributed by atoms with Gasteiger partial charge in [-0.2, -0.15) is 13.2 Å². The molecule has 0 heterocycles. The summed E-state index contributed by atoms with van der Waals surface area (Å²) >= 11 is 0. The Labute approximate surface area is 170 Å². The second-order valence-corrected chi connectivity index (χ2v) is 6.57. The molecule has 0 bridgehead atoms. The van der Waals surface area contributed by atoms with E-state index in [1.165, 1.54) is 31.4 Å². The van der Waals surface area contributed by atoms with E-state index >= 15 is 0 Å². The van der Waals surface area contributed by atoms with E-state index < -0.39 is 11.7 Å². The molecular weight excluding hydrogens is 458 g/mol. The van der Waals surface area contributed by atoms with Crippen molar-refractivity contribution in [1.82, 2.24) is 10.6 Å². The Hall–Kier alpha value is -1.03. The van der Waals surface area contributed by atoms with E-state index in [4.69, 9.17) is 4.74 Å². The highest BCUT2D eigenvalue weighted by Crippen LogP contribution is 2.43. The van der Waals surface area contributed by atoms with Crippen LogP contribution >= 0.6 is 24.0 Å². The molecule has 0 aliphatic heterocycles. The van der Waals surface area contributed by atoms with Gasteiger partial charge in [0.1, 0.15) is 0 Å². The summed E-state index contributed by atoms with van der Waals surface area (Å²) in [7, 11) is 3.40. The van der Waals surface area contributed by atoms with Crippen molar-refractivity contribution in [3.05, 3.63) is 35.4 Å². The lowest BCUT2D eigenvalue weighted by Crippen LogP contribution is -2.46. The lowest BCUT2D eigenvalue weighted by molar-refractivity contribution is -0.137. The highest BCUT2D eigenvalue weighted by Gasteiger charge is 2.36. The fourth-order valence-corrected chi connectivity index (χ4v) is 3.00. The van der Waals surface area contributed by atoms with Crippen LogP contribution < -0.4 is 10.6 Å². The van der Waals surface area contributed by atoms with Crippen LogP contribution in [0.5, 0.6) is 0 Å². The molecule has 0 aromatic heterocycles. The maximum Gasteiger partial charge on any atom is 0.416 e. The van der Waals surface area contributed by atoms with Gasteiger partial charge in [-0.05, 0) is 42.4 Å². The molecule has 0 radical (unpaired) electrons. The summed E-state index contributed by atoms with van der Waals surface area (Å²) in [5, 5.41) is 6.48. The van der Waals surface area contributed by atoms with Crippen molar-refractivity contribution in [3.8, 4) is 0 Å². The van der Waals surface area contributed by atoms with E-state index in [1.54, 1.807) is 14.2 Å². The molecule has 2 N–H and O–H groups in total. The van der Waals surface area contributed by atoms with Crippen molar-refractivity contribution in [2.45, 2.75) is 38.4 Å². The number of rotatable bonds is 7. The first kappa shape index (κ1) is 23.0. The van der Waals surface area contributed by atoms with Crippen molar-refractivity contribution in [2.24, 2.45) is 10.4 Å². The van der Waals surface area contributed by atoms with Crippen LogP contribution in [0.3, 0.4) is 0 Å². The van der Waals surface area contributed by atoms with Crippen LogP contribution in [0.1, 0.15) is 36.8 Å². The minimum absolute atomic E-state index is 0. The van der Waals surface area contributed by atoms with Crippen molar-refractivity contribution in [3.63, 3.8) is 0 Å². The first-order valence-electron chi connectivity index (χ1n) is 8.48. The summed E-state index contributed by atoms with van der Waals surface area (Å²) in [4.78, 5) is 4.18. The summed E-state index contributed by atoms with van der Waals surface area (Å²) in [6, 6.07) is 5.16. The molecule has 1 aliphatic rings. The maximum absolute atomic E-state index is 12.6. The monoisotopic (exact) mass is 485 g/mol. The molecule has 0 amide bonds. The lowest BCUT2D eigenvalue weighted by Gasteiger charge is -2.42.